The van der Waals surface area contributed by atoms with Gasteiger partial charge in [0.1, 0.15) is 6.04 Å². The monoisotopic (exact) mass is 541 g/mol. The number of hydrogen-bond donors (Lipinski definition) is 1. The number of nitrogens with one attached hydrogen (secondary N) is 1. The molecule has 0 aromatic heterocycles. The van der Waals surface area contributed by atoms with Gasteiger partial charge in [0.15, 0.2) is 0 Å². The zero-order valence-electron chi connectivity index (χ0n) is 20.7. The van der Waals surface area contributed by atoms with Crippen LogP contribution < -0.4 is 9.62 Å². The quantitative estimate of drug-likeness (QED) is 0.443. The van der Waals surface area contributed by atoms with Crippen molar-refractivity contribution in [3.63, 3.8) is 0 Å². The molecule has 0 saturated heterocycles. The number of anilines is 1. The standard InChI is InChI=1S/C25H33Cl2N3O4S/c1-17(2)28-25(32)19(4)29(16-20-10-11-21(26)15-23(20)27)24(31)7-6-14-30(35(5,33)34)22-12-8-18(3)9-13-22/h8-13,15,17,19H,6-7,14,16H2,1-5H3,(H,28,32). The third kappa shape index (κ3) is 8.70. The third-order valence-corrected chi connectivity index (χ3v) is 7.21. The second-order valence-electron chi connectivity index (χ2n) is 8.87. The summed E-state index contributed by atoms with van der Waals surface area (Å²) in [6.07, 6.45) is 1.48. The van der Waals surface area contributed by atoms with Crippen LogP contribution in [0.5, 0.6) is 0 Å². The summed E-state index contributed by atoms with van der Waals surface area (Å²) in [6, 6.07) is 11.3. The molecular weight excluding hydrogens is 509 g/mol. The molecule has 0 saturated carbocycles. The Morgan fingerprint density at radius 3 is 2.20 bits per heavy atom. The van der Waals surface area contributed by atoms with E-state index in [9.17, 15) is 18.0 Å². The first kappa shape index (κ1) is 28.9. The maximum absolute atomic E-state index is 13.3. The summed E-state index contributed by atoms with van der Waals surface area (Å²) in [6.45, 7) is 7.53. The lowest BCUT2D eigenvalue weighted by Crippen LogP contribution is -2.49. The van der Waals surface area contributed by atoms with Crippen molar-refractivity contribution in [3.05, 3.63) is 63.6 Å². The van der Waals surface area contributed by atoms with Crippen molar-refractivity contribution < 1.29 is 18.0 Å². The van der Waals surface area contributed by atoms with Crippen molar-refractivity contribution in [1.82, 2.24) is 10.2 Å². The summed E-state index contributed by atoms with van der Waals surface area (Å²) in [5.41, 5.74) is 2.22. The van der Waals surface area contributed by atoms with Crippen molar-refractivity contribution in [2.45, 2.75) is 59.2 Å². The van der Waals surface area contributed by atoms with Gasteiger partial charge in [0.25, 0.3) is 0 Å². The maximum Gasteiger partial charge on any atom is 0.242 e. The number of aryl methyl sites for hydroxylation is 1. The Hall–Kier alpha value is -2.29. The van der Waals surface area contributed by atoms with Crippen LogP contribution in [0.3, 0.4) is 0 Å². The summed E-state index contributed by atoms with van der Waals surface area (Å²) in [5.74, 6) is -0.560. The summed E-state index contributed by atoms with van der Waals surface area (Å²) < 4.78 is 26.1. The van der Waals surface area contributed by atoms with E-state index in [1.54, 1.807) is 37.3 Å². The van der Waals surface area contributed by atoms with Crippen LogP contribution in [-0.4, -0.2) is 50.0 Å². The van der Waals surface area contributed by atoms with Crippen molar-refractivity contribution >= 4 is 50.7 Å². The second-order valence-corrected chi connectivity index (χ2v) is 11.6. The normalized spacial score (nSPS) is 12.3. The van der Waals surface area contributed by atoms with Gasteiger partial charge in [0.05, 0.1) is 11.9 Å². The van der Waals surface area contributed by atoms with Crippen molar-refractivity contribution in [3.8, 4) is 0 Å². The molecule has 1 atom stereocenters. The molecule has 0 aliphatic heterocycles. The summed E-state index contributed by atoms with van der Waals surface area (Å²) in [4.78, 5) is 27.4. The minimum Gasteiger partial charge on any atom is -0.352 e. The smallest absolute Gasteiger partial charge is 0.242 e. The van der Waals surface area contributed by atoms with Crippen LogP contribution in [0.2, 0.25) is 10.0 Å². The highest BCUT2D eigenvalue weighted by Crippen LogP contribution is 2.24. The molecule has 1 N–H and O–H groups in total. The molecule has 10 heteroatoms. The molecule has 2 rings (SSSR count). The van der Waals surface area contributed by atoms with Crippen LogP contribution >= 0.6 is 23.2 Å². The van der Waals surface area contributed by atoms with E-state index in [1.807, 2.05) is 32.9 Å². The van der Waals surface area contributed by atoms with Crippen LogP contribution in [0, 0.1) is 6.92 Å². The number of sulfonamides is 1. The van der Waals surface area contributed by atoms with Crippen molar-refractivity contribution in [2.24, 2.45) is 0 Å². The molecule has 192 valence electrons. The number of hydrogen-bond acceptors (Lipinski definition) is 4. The first-order valence-electron chi connectivity index (χ1n) is 11.4. The van der Waals surface area contributed by atoms with Crippen LogP contribution in [0.4, 0.5) is 5.69 Å². The molecule has 0 bridgehead atoms. The zero-order valence-corrected chi connectivity index (χ0v) is 23.0. The second kappa shape index (κ2) is 12.6. The van der Waals surface area contributed by atoms with E-state index in [0.717, 1.165) is 11.8 Å². The van der Waals surface area contributed by atoms with Crippen LogP contribution in [0.1, 0.15) is 44.7 Å². The van der Waals surface area contributed by atoms with E-state index in [1.165, 1.54) is 9.21 Å². The van der Waals surface area contributed by atoms with Gasteiger partial charge < -0.3 is 10.2 Å². The van der Waals surface area contributed by atoms with Gasteiger partial charge in [0.2, 0.25) is 21.8 Å². The Bertz CT molecular complexity index is 1140. The fraction of sp³-hybridized carbons (Fsp3) is 0.440. The lowest BCUT2D eigenvalue weighted by Gasteiger charge is -2.30. The van der Waals surface area contributed by atoms with E-state index >= 15 is 0 Å². The molecule has 0 aliphatic carbocycles. The highest BCUT2D eigenvalue weighted by molar-refractivity contribution is 7.92. The van der Waals surface area contributed by atoms with E-state index in [2.05, 4.69) is 5.32 Å². The predicted molar refractivity (Wildman–Crippen MR) is 142 cm³/mol. The minimum absolute atomic E-state index is 0.0579. The molecule has 7 nitrogen and oxygen atoms in total. The molecule has 1 unspecified atom stereocenters. The number of rotatable bonds is 11. The highest BCUT2D eigenvalue weighted by Gasteiger charge is 2.27. The average Bonchev–Trinajstić information content (AvgIpc) is 2.75. The number of benzene rings is 2. The fourth-order valence-corrected chi connectivity index (χ4v) is 4.97. The van der Waals surface area contributed by atoms with E-state index in [4.69, 9.17) is 23.2 Å². The predicted octanol–water partition coefficient (Wildman–Crippen LogP) is 4.79. The van der Waals surface area contributed by atoms with Gasteiger partial charge in [-0.1, -0.05) is 47.0 Å². The molecule has 0 fully saturated rings. The Kier molecular flexibility index (Phi) is 10.4. The molecule has 2 amide bonds. The van der Waals surface area contributed by atoms with E-state index < -0.39 is 16.1 Å². The lowest BCUT2D eigenvalue weighted by atomic mass is 10.1. The minimum atomic E-state index is -3.54. The van der Waals surface area contributed by atoms with E-state index in [0.29, 0.717) is 21.3 Å². The molecule has 2 aromatic carbocycles. The molecule has 35 heavy (non-hydrogen) atoms. The van der Waals surface area contributed by atoms with Gasteiger partial charge in [-0.2, -0.15) is 0 Å². The molecular formula is C25H33Cl2N3O4S. The fourth-order valence-electron chi connectivity index (χ4n) is 3.54. The summed E-state index contributed by atoms with van der Waals surface area (Å²) in [5, 5.41) is 3.70. The van der Waals surface area contributed by atoms with Gasteiger partial charge in [-0.25, -0.2) is 8.42 Å². The largest absolute Gasteiger partial charge is 0.352 e. The van der Waals surface area contributed by atoms with Gasteiger partial charge in [-0.3, -0.25) is 13.9 Å². The molecule has 2 aromatic rings. The van der Waals surface area contributed by atoms with Gasteiger partial charge in [-0.05, 0) is 63.9 Å². The van der Waals surface area contributed by atoms with Gasteiger partial charge in [-0.15, -0.1) is 0 Å². The zero-order chi connectivity index (χ0) is 26.3. The Balaban J connectivity index is 2.19. The third-order valence-electron chi connectivity index (χ3n) is 5.43. The Morgan fingerprint density at radius 2 is 1.66 bits per heavy atom. The lowest BCUT2D eigenvalue weighted by molar-refractivity contribution is -0.140. The first-order chi connectivity index (χ1) is 16.3. The number of nitrogens with zero attached hydrogens (tertiary/aromatic N) is 2. The Morgan fingerprint density at radius 1 is 1.03 bits per heavy atom. The SMILES string of the molecule is Cc1ccc(N(CCCC(=O)N(Cc2ccc(Cl)cc2Cl)C(C)C(=O)NC(C)C)S(C)(=O)=O)cc1. The van der Waals surface area contributed by atoms with Crippen LogP contribution in [0.25, 0.3) is 0 Å². The molecule has 0 aliphatic rings. The maximum atomic E-state index is 13.3. The molecule has 0 spiro atoms. The number of carbonyl (C=O) groups excluding carboxylic acids is 2. The van der Waals surface area contributed by atoms with Crippen molar-refractivity contribution in [2.75, 3.05) is 17.1 Å². The molecule has 0 radical (unpaired) electrons. The first-order valence-corrected chi connectivity index (χ1v) is 14.0. The Labute approximate surface area is 218 Å². The average molecular weight is 543 g/mol. The number of amides is 2. The highest BCUT2D eigenvalue weighted by atomic mass is 35.5. The molecule has 0 heterocycles. The number of carbonyl (C=O) groups is 2. The topological polar surface area (TPSA) is 86.8 Å². The number of halogens is 2. The van der Waals surface area contributed by atoms with Gasteiger partial charge >= 0.3 is 0 Å². The summed E-state index contributed by atoms with van der Waals surface area (Å²) in [7, 11) is -3.54. The van der Waals surface area contributed by atoms with Crippen LogP contribution in [-0.2, 0) is 26.2 Å². The summed E-state index contributed by atoms with van der Waals surface area (Å²) >= 11 is 12.3. The van der Waals surface area contributed by atoms with Crippen molar-refractivity contribution in [1.29, 1.82) is 0 Å². The van der Waals surface area contributed by atoms with Gasteiger partial charge in [0, 0.05) is 35.6 Å². The van der Waals surface area contributed by atoms with E-state index in [-0.39, 0.29) is 43.8 Å². The van der Waals surface area contributed by atoms with Crippen LogP contribution in [0.15, 0.2) is 42.5 Å².